The second-order valence-corrected chi connectivity index (χ2v) is 6.37. The summed E-state index contributed by atoms with van der Waals surface area (Å²) < 4.78 is 6.29. The number of ether oxygens (including phenoxy) is 1. The fourth-order valence-electron chi connectivity index (χ4n) is 2.29. The van der Waals surface area contributed by atoms with Gasteiger partial charge in [-0.3, -0.25) is 9.69 Å². The molecule has 1 aromatic rings. The molecule has 2 rings (SSSR count). The Morgan fingerprint density at radius 3 is 3.17 bits per heavy atom. The highest BCUT2D eigenvalue weighted by Crippen LogP contribution is 2.26. The van der Waals surface area contributed by atoms with Crippen molar-refractivity contribution in [2.45, 2.75) is 26.3 Å². The van der Waals surface area contributed by atoms with Crippen LogP contribution >= 0.6 is 27.3 Å². The Morgan fingerprint density at radius 1 is 1.67 bits per heavy atom. The van der Waals surface area contributed by atoms with Crippen LogP contribution in [0.25, 0.3) is 0 Å². The lowest BCUT2D eigenvalue weighted by molar-refractivity contribution is -0.150. The molecular weight excluding hydrogens is 314 g/mol. The average Bonchev–Trinajstić information content (AvgIpc) is 2.76. The summed E-state index contributed by atoms with van der Waals surface area (Å²) in [6.45, 7) is 5.16. The Bertz CT molecular complexity index is 407. The lowest BCUT2D eigenvalue weighted by Gasteiger charge is -2.31. The Kier molecular flexibility index (Phi) is 5.21. The average molecular weight is 332 g/mol. The molecule has 1 aromatic heterocycles. The molecule has 1 saturated heterocycles. The predicted octanol–water partition coefficient (Wildman–Crippen LogP) is 3.29. The number of likely N-dealkylation sites (tertiary alicyclic amines) is 1. The Balaban J connectivity index is 1.91. The number of halogens is 1. The molecule has 1 aliphatic rings. The van der Waals surface area contributed by atoms with Crippen molar-refractivity contribution in [3.8, 4) is 0 Å². The second-order valence-electron chi connectivity index (χ2n) is 4.52. The molecular formula is C13H18BrNO2S. The van der Waals surface area contributed by atoms with Crippen LogP contribution in [0.1, 0.15) is 24.6 Å². The van der Waals surface area contributed by atoms with E-state index < -0.39 is 0 Å². The number of hydrogen-bond acceptors (Lipinski definition) is 4. The molecule has 0 unspecified atom stereocenters. The van der Waals surface area contributed by atoms with Gasteiger partial charge in [-0.1, -0.05) is 0 Å². The van der Waals surface area contributed by atoms with Crippen molar-refractivity contribution in [3.05, 3.63) is 20.8 Å². The standard InChI is InChI=1S/C13H18BrNO2S/c1-2-17-13(16)10-4-3-6-15(8-10)9-12-11(14)5-7-18-12/h5,7,10H,2-4,6,8-9H2,1H3/t10-/m1/s1. The highest BCUT2D eigenvalue weighted by atomic mass is 79.9. The van der Waals surface area contributed by atoms with E-state index in [4.69, 9.17) is 4.74 Å². The first-order chi connectivity index (χ1) is 8.70. The van der Waals surface area contributed by atoms with Crippen molar-refractivity contribution in [1.29, 1.82) is 0 Å². The molecule has 0 spiro atoms. The lowest BCUT2D eigenvalue weighted by Crippen LogP contribution is -2.38. The van der Waals surface area contributed by atoms with E-state index in [1.54, 1.807) is 11.3 Å². The van der Waals surface area contributed by atoms with Crippen molar-refractivity contribution < 1.29 is 9.53 Å². The minimum atomic E-state index is -0.0348. The summed E-state index contributed by atoms with van der Waals surface area (Å²) in [5.74, 6) is 0.0184. The first kappa shape index (κ1) is 14.0. The number of hydrogen-bond donors (Lipinski definition) is 0. The van der Waals surface area contributed by atoms with Gasteiger partial charge < -0.3 is 4.74 Å². The van der Waals surface area contributed by atoms with Crippen LogP contribution in [0.5, 0.6) is 0 Å². The van der Waals surface area contributed by atoms with Crippen molar-refractivity contribution in [3.63, 3.8) is 0 Å². The van der Waals surface area contributed by atoms with Gasteiger partial charge in [0.1, 0.15) is 0 Å². The molecule has 0 saturated carbocycles. The van der Waals surface area contributed by atoms with Crippen LogP contribution < -0.4 is 0 Å². The largest absolute Gasteiger partial charge is 0.466 e. The third kappa shape index (κ3) is 3.56. The maximum absolute atomic E-state index is 11.8. The quantitative estimate of drug-likeness (QED) is 0.793. The highest BCUT2D eigenvalue weighted by molar-refractivity contribution is 9.10. The smallest absolute Gasteiger partial charge is 0.310 e. The minimum absolute atomic E-state index is 0.0348. The van der Waals surface area contributed by atoms with Gasteiger partial charge in [-0.2, -0.15) is 0 Å². The molecule has 0 aliphatic carbocycles. The van der Waals surface area contributed by atoms with E-state index in [9.17, 15) is 4.79 Å². The maximum atomic E-state index is 11.8. The number of carbonyl (C=O) groups is 1. The van der Waals surface area contributed by atoms with Gasteiger partial charge in [-0.05, 0) is 53.7 Å². The molecule has 1 fully saturated rings. The monoisotopic (exact) mass is 331 g/mol. The molecule has 5 heteroatoms. The number of piperidine rings is 1. The summed E-state index contributed by atoms with van der Waals surface area (Å²) in [4.78, 5) is 15.4. The van der Waals surface area contributed by atoms with E-state index in [0.29, 0.717) is 6.61 Å². The van der Waals surface area contributed by atoms with Gasteiger partial charge in [0.25, 0.3) is 0 Å². The third-order valence-corrected chi connectivity index (χ3v) is 5.09. The molecule has 0 bridgehead atoms. The Labute approximate surface area is 120 Å². The highest BCUT2D eigenvalue weighted by Gasteiger charge is 2.27. The van der Waals surface area contributed by atoms with Crippen LogP contribution in [0, 0.1) is 5.92 Å². The summed E-state index contributed by atoms with van der Waals surface area (Å²) in [5.41, 5.74) is 0. The zero-order valence-corrected chi connectivity index (χ0v) is 12.9. The van der Waals surface area contributed by atoms with Crippen molar-refractivity contribution in [1.82, 2.24) is 4.90 Å². The van der Waals surface area contributed by atoms with Gasteiger partial charge in [0.05, 0.1) is 12.5 Å². The maximum Gasteiger partial charge on any atom is 0.310 e. The SMILES string of the molecule is CCOC(=O)[C@@H]1CCCN(Cc2sccc2Br)C1. The van der Waals surface area contributed by atoms with Crippen LogP contribution in [0.3, 0.4) is 0 Å². The summed E-state index contributed by atoms with van der Waals surface area (Å²) in [7, 11) is 0. The molecule has 0 aromatic carbocycles. The molecule has 100 valence electrons. The first-order valence-electron chi connectivity index (χ1n) is 6.31. The van der Waals surface area contributed by atoms with Crippen LogP contribution in [-0.4, -0.2) is 30.6 Å². The summed E-state index contributed by atoms with van der Waals surface area (Å²) in [6.07, 6.45) is 2.04. The van der Waals surface area contributed by atoms with Crippen LogP contribution in [0.4, 0.5) is 0 Å². The van der Waals surface area contributed by atoms with E-state index in [1.165, 1.54) is 9.35 Å². The number of esters is 1. The van der Waals surface area contributed by atoms with Gasteiger partial charge in [-0.25, -0.2) is 0 Å². The summed E-state index contributed by atoms with van der Waals surface area (Å²) in [6, 6.07) is 2.08. The number of rotatable bonds is 4. The van der Waals surface area contributed by atoms with Crippen molar-refractivity contribution in [2.24, 2.45) is 5.92 Å². The van der Waals surface area contributed by atoms with Crippen molar-refractivity contribution in [2.75, 3.05) is 19.7 Å². The molecule has 0 N–H and O–H groups in total. The predicted molar refractivity (Wildman–Crippen MR) is 76.7 cm³/mol. The van der Waals surface area contributed by atoms with Gasteiger partial charge in [0.2, 0.25) is 0 Å². The van der Waals surface area contributed by atoms with Gasteiger partial charge in [0, 0.05) is 22.4 Å². The fourth-order valence-corrected chi connectivity index (χ4v) is 3.81. The molecule has 3 nitrogen and oxygen atoms in total. The van der Waals surface area contributed by atoms with Crippen LogP contribution in [0.2, 0.25) is 0 Å². The van der Waals surface area contributed by atoms with Gasteiger partial charge in [-0.15, -0.1) is 11.3 Å². The first-order valence-corrected chi connectivity index (χ1v) is 7.98. The number of thiophene rings is 1. The van der Waals surface area contributed by atoms with Gasteiger partial charge in [0.15, 0.2) is 0 Å². The molecule has 1 atom stereocenters. The van der Waals surface area contributed by atoms with Crippen LogP contribution in [-0.2, 0) is 16.1 Å². The zero-order valence-electron chi connectivity index (χ0n) is 10.5. The Morgan fingerprint density at radius 2 is 2.50 bits per heavy atom. The fraction of sp³-hybridized carbons (Fsp3) is 0.615. The lowest BCUT2D eigenvalue weighted by atomic mass is 9.98. The topological polar surface area (TPSA) is 29.5 Å². The second kappa shape index (κ2) is 6.68. The molecule has 1 aliphatic heterocycles. The van der Waals surface area contributed by atoms with E-state index in [-0.39, 0.29) is 11.9 Å². The van der Waals surface area contributed by atoms with E-state index in [0.717, 1.165) is 32.5 Å². The minimum Gasteiger partial charge on any atom is -0.466 e. The Hall–Kier alpha value is -0.390. The van der Waals surface area contributed by atoms with Crippen LogP contribution in [0.15, 0.2) is 15.9 Å². The van der Waals surface area contributed by atoms with E-state index in [1.807, 2.05) is 6.92 Å². The molecule has 2 heterocycles. The number of nitrogens with zero attached hydrogens (tertiary/aromatic N) is 1. The normalized spacial score (nSPS) is 20.9. The summed E-state index contributed by atoms with van der Waals surface area (Å²) >= 11 is 5.31. The number of carbonyl (C=O) groups excluding carboxylic acids is 1. The zero-order chi connectivity index (χ0) is 13.0. The van der Waals surface area contributed by atoms with Gasteiger partial charge >= 0.3 is 5.97 Å². The van der Waals surface area contributed by atoms with E-state index in [2.05, 4.69) is 32.3 Å². The summed E-state index contributed by atoms with van der Waals surface area (Å²) in [5, 5.41) is 2.09. The molecule has 18 heavy (non-hydrogen) atoms. The van der Waals surface area contributed by atoms with Crippen molar-refractivity contribution >= 4 is 33.2 Å². The molecule has 0 amide bonds. The van der Waals surface area contributed by atoms with E-state index >= 15 is 0 Å². The third-order valence-electron chi connectivity index (χ3n) is 3.18. The molecule has 0 radical (unpaired) electrons.